The second-order valence-corrected chi connectivity index (χ2v) is 5.99. The summed E-state index contributed by atoms with van der Waals surface area (Å²) in [6.07, 6.45) is 2.13. The molecule has 3 nitrogen and oxygen atoms in total. The van der Waals surface area contributed by atoms with Crippen molar-refractivity contribution in [2.24, 2.45) is 7.05 Å². The Kier molecular flexibility index (Phi) is 3.43. The second-order valence-electron chi connectivity index (χ2n) is 4.90. The molecule has 0 saturated heterocycles. The molecule has 2 N–H and O–H groups in total. The molecule has 0 saturated carbocycles. The summed E-state index contributed by atoms with van der Waals surface area (Å²) in [6.45, 7) is 0. The number of para-hydroxylation sites is 1. The number of benzene rings is 2. The molecule has 1 aromatic heterocycles. The number of phenols is 1. The number of hydrogen-bond donors (Lipinski definition) is 2. The molecule has 4 rings (SSSR count). The number of nitrogens with zero attached hydrogens (tertiary/aromatic N) is 1. The third-order valence-electron chi connectivity index (χ3n) is 3.56. The first kappa shape index (κ1) is 14.0. The predicted octanol–water partition coefficient (Wildman–Crippen LogP) is 0.582. The van der Waals surface area contributed by atoms with Gasteiger partial charge in [-0.05, 0) is 24.3 Å². The summed E-state index contributed by atoms with van der Waals surface area (Å²) in [6, 6.07) is 13.8. The Labute approximate surface area is 133 Å². The van der Waals surface area contributed by atoms with Crippen LogP contribution in [0, 0.1) is 0 Å². The zero-order chi connectivity index (χ0) is 13.7. The van der Waals surface area contributed by atoms with E-state index in [2.05, 4.69) is 47.4 Å². The molecule has 0 aliphatic carbocycles. The smallest absolute Gasteiger partial charge is 0.214 e. The summed E-state index contributed by atoms with van der Waals surface area (Å²) in [5.74, 6) is 0.298. The minimum absolute atomic E-state index is 0. The van der Waals surface area contributed by atoms with Gasteiger partial charge in [0.1, 0.15) is 17.7 Å². The van der Waals surface area contributed by atoms with E-state index in [4.69, 9.17) is 0 Å². The van der Waals surface area contributed by atoms with Crippen molar-refractivity contribution in [3.8, 4) is 5.75 Å². The Hall–Kier alpha value is -1.91. The normalized spacial score (nSPS) is 12.0. The van der Waals surface area contributed by atoms with Crippen LogP contribution in [-0.4, -0.2) is 5.11 Å². The number of aromatic hydroxyl groups is 1. The van der Waals surface area contributed by atoms with Crippen molar-refractivity contribution in [2.75, 3.05) is 5.32 Å². The molecule has 0 unspecified atom stereocenters. The summed E-state index contributed by atoms with van der Waals surface area (Å²) < 4.78 is 2.14. The second kappa shape index (κ2) is 5.13. The maximum absolute atomic E-state index is 9.62. The number of pyridine rings is 1. The van der Waals surface area contributed by atoms with Crippen LogP contribution in [-0.2, 0) is 7.05 Å². The van der Waals surface area contributed by atoms with E-state index >= 15 is 0 Å². The zero-order valence-corrected chi connectivity index (χ0v) is 12.9. The van der Waals surface area contributed by atoms with Gasteiger partial charge in [0.05, 0.1) is 16.8 Å². The Morgan fingerprint density at radius 3 is 2.76 bits per heavy atom. The fourth-order valence-corrected chi connectivity index (χ4v) is 3.71. The van der Waals surface area contributed by atoms with Crippen molar-refractivity contribution in [3.05, 3.63) is 48.7 Å². The predicted molar refractivity (Wildman–Crippen MR) is 80.6 cm³/mol. The first-order valence-electron chi connectivity index (χ1n) is 6.41. The van der Waals surface area contributed by atoms with E-state index in [1.54, 1.807) is 23.9 Å². The van der Waals surface area contributed by atoms with Gasteiger partial charge in [-0.1, -0.05) is 23.9 Å². The van der Waals surface area contributed by atoms with Gasteiger partial charge >= 0.3 is 0 Å². The lowest BCUT2D eigenvalue weighted by molar-refractivity contribution is -0.646. The molecule has 1 aliphatic heterocycles. The lowest BCUT2D eigenvalue weighted by Gasteiger charge is -2.21. The van der Waals surface area contributed by atoms with E-state index in [0.717, 1.165) is 16.3 Å². The van der Waals surface area contributed by atoms with Crippen LogP contribution in [0.2, 0.25) is 0 Å². The quantitative estimate of drug-likeness (QED) is 0.368. The van der Waals surface area contributed by atoms with E-state index in [1.807, 2.05) is 6.07 Å². The molecule has 0 spiro atoms. The molecule has 0 fully saturated rings. The van der Waals surface area contributed by atoms with E-state index in [9.17, 15) is 5.11 Å². The van der Waals surface area contributed by atoms with Gasteiger partial charge in [-0.3, -0.25) is 0 Å². The third-order valence-corrected chi connectivity index (χ3v) is 4.64. The summed E-state index contributed by atoms with van der Waals surface area (Å²) in [5, 5.41) is 14.3. The number of fused-ring (bicyclic) bond motifs is 4. The molecular formula is C16H13ClN2OS. The first-order chi connectivity index (χ1) is 9.72. The zero-order valence-electron chi connectivity index (χ0n) is 11.3. The third kappa shape index (κ3) is 2.20. The van der Waals surface area contributed by atoms with E-state index in [0.29, 0.717) is 5.75 Å². The lowest BCUT2D eigenvalue weighted by atomic mass is 10.1. The molecule has 2 aromatic carbocycles. The monoisotopic (exact) mass is 316 g/mol. The van der Waals surface area contributed by atoms with E-state index < -0.39 is 0 Å². The number of phenolic OH excluding ortho intramolecular Hbond substituents is 1. The van der Waals surface area contributed by atoms with Crippen molar-refractivity contribution in [3.63, 3.8) is 0 Å². The van der Waals surface area contributed by atoms with Crippen LogP contribution in [0.3, 0.4) is 0 Å². The van der Waals surface area contributed by atoms with Crippen molar-refractivity contribution < 1.29 is 22.1 Å². The van der Waals surface area contributed by atoms with Crippen molar-refractivity contribution in [2.45, 2.75) is 9.79 Å². The number of aryl methyl sites for hydroxylation is 1. The van der Waals surface area contributed by atoms with Crippen LogP contribution >= 0.6 is 11.8 Å². The molecule has 0 bridgehead atoms. The Balaban J connectivity index is 0.00000132. The highest BCUT2D eigenvalue weighted by atomic mass is 35.5. The van der Waals surface area contributed by atoms with Crippen LogP contribution in [0.15, 0.2) is 58.5 Å². The molecule has 2 heterocycles. The van der Waals surface area contributed by atoms with Gasteiger partial charge in [0.25, 0.3) is 0 Å². The van der Waals surface area contributed by atoms with Gasteiger partial charge < -0.3 is 22.8 Å². The minimum Gasteiger partial charge on any atom is -1.00 e. The molecule has 21 heavy (non-hydrogen) atoms. The SMILES string of the molecule is C[n+]1cc2c(c3ccccc31)Nc1ccc(O)cc1S2.[Cl-]. The van der Waals surface area contributed by atoms with Gasteiger partial charge in [0, 0.05) is 11.0 Å². The molecule has 106 valence electrons. The molecule has 1 aliphatic rings. The maximum Gasteiger partial charge on any atom is 0.214 e. The largest absolute Gasteiger partial charge is 1.00 e. The van der Waals surface area contributed by atoms with Gasteiger partial charge in [-0.25, -0.2) is 0 Å². The number of aromatic nitrogens is 1. The van der Waals surface area contributed by atoms with Crippen LogP contribution in [0.5, 0.6) is 5.75 Å². The number of halogens is 1. The van der Waals surface area contributed by atoms with Gasteiger partial charge in [0.15, 0.2) is 6.20 Å². The Bertz CT molecular complexity index is 851. The summed E-state index contributed by atoms with van der Waals surface area (Å²) in [7, 11) is 2.06. The standard InChI is InChI=1S/C16H12N2OS.ClH/c1-18-9-15-16(11-4-2-3-5-13(11)18)17-12-7-6-10(19)8-14(12)20-15;/h2-9,19H,1H3;1H. The van der Waals surface area contributed by atoms with Gasteiger partial charge in [-0.15, -0.1) is 0 Å². The highest BCUT2D eigenvalue weighted by Gasteiger charge is 2.22. The molecule has 0 radical (unpaired) electrons. The molecule has 5 heteroatoms. The molecule has 3 aromatic rings. The van der Waals surface area contributed by atoms with Crippen LogP contribution < -0.4 is 22.3 Å². The van der Waals surface area contributed by atoms with E-state index in [-0.39, 0.29) is 12.4 Å². The maximum atomic E-state index is 9.62. The average molecular weight is 317 g/mol. The summed E-state index contributed by atoms with van der Waals surface area (Å²) in [5.41, 5.74) is 3.38. The number of nitrogens with one attached hydrogen (secondary N) is 1. The summed E-state index contributed by atoms with van der Waals surface area (Å²) >= 11 is 1.68. The highest BCUT2D eigenvalue weighted by molar-refractivity contribution is 7.99. The first-order valence-corrected chi connectivity index (χ1v) is 7.23. The topological polar surface area (TPSA) is 36.1 Å². The van der Waals surface area contributed by atoms with Gasteiger partial charge in [0.2, 0.25) is 5.52 Å². The molecule has 0 atom stereocenters. The average Bonchev–Trinajstić information content (AvgIpc) is 2.46. The molecule has 0 amide bonds. The van der Waals surface area contributed by atoms with E-state index in [1.165, 1.54) is 15.8 Å². The lowest BCUT2D eigenvalue weighted by Crippen LogP contribution is -3.00. The van der Waals surface area contributed by atoms with Crippen LogP contribution in [0.25, 0.3) is 10.9 Å². The number of rotatable bonds is 0. The van der Waals surface area contributed by atoms with Crippen LogP contribution in [0.4, 0.5) is 11.4 Å². The fraction of sp³-hybridized carbons (Fsp3) is 0.0625. The number of hydrogen-bond acceptors (Lipinski definition) is 3. The van der Waals surface area contributed by atoms with Crippen LogP contribution in [0.1, 0.15) is 0 Å². The Morgan fingerprint density at radius 2 is 1.90 bits per heavy atom. The van der Waals surface area contributed by atoms with Gasteiger partial charge in [-0.2, -0.15) is 4.57 Å². The van der Waals surface area contributed by atoms with Crippen molar-refractivity contribution in [1.82, 2.24) is 0 Å². The molecular weight excluding hydrogens is 304 g/mol. The van der Waals surface area contributed by atoms with Crippen molar-refractivity contribution >= 4 is 34.0 Å². The highest BCUT2D eigenvalue weighted by Crippen LogP contribution is 2.46. The number of anilines is 2. The minimum atomic E-state index is 0. The van der Waals surface area contributed by atoms with Crippen molar-refractivity contribution in [1.29, 1.82) is 0 Å². The Morgan fingerprint density at radius 1 is 1.10 bits per heavy atom. The fourth-order valence-electron chi connectivity index (χ4n) is 2.59. The summed E-state index contributed by atoms with van der Waals surface area (Å²) in [4.78, 5) is 2.22.